The Morgan fingerprint density at radius 1 is 1.00 bits per heavy atom. The average molecular weight is 320 g/mol. The van der Waals surface area contributed by atoms with Crippen molar-refractivity contribution in [2.45, 2.75) is 19.8 Å². The highest BCUT2D eigenvalue weighted by Crippen LogP contribution is 2.30. The molecule has 1 saturated heterocycles. The number of nitrogens with one attached hydrogen (secondary N) is 1. The Morgan fingerprint density at radius 2 is 1.75 bits per heavy atom. The fraction of sp³-hybridized carbons (Fsp3) is 0.333. The molecule has 1 aliphatic heterocycles. The van der Waals surface area contributed by atoms with Crippen molar-refractivity contribution >= 4 is 10.9 Å². The van der Waals surface area contributed by atoms with Crippen LogP contribution in [0.5, 0.6) is 5.75 Å². The molecule has 0 radical (unpaired) electrons. The lowest BCUT2D eigenvalue weighted by Gasteiger charge is -2.15. The van der Waals surface area contributed by atoms with Crippen LogP contribution in [-0.4, -0.2) is 36.1 Å². The molecule has 3 nitrogen and oxygen atoms in total. The quantitative estimate of drug-likeness (QED) is 0.743. The molecule has 124 valence electrons. The van der Waals surface area contributed by atoms with Crippen LogP contribution >= 0.6 is 0 Å². The topological polar surface area (TPSA) is 28.3 Å². The highest BCUT2D eigenvalue weighted by atomic mass is 16.5. The molecule has 0 saturated carbocycles. The van der Waals surface area contributed by atoms with Gasteiger partial charge in [-0.2, -0.15) is 0 Å². The summed E-state index contributed by atoms with van der Waals surface area (Å²) >= 11 is 0. The van der Waals surface area contributed by atoms with E-state index in [2.05, 4.69) is 65.3 Å². The van der Waals surface area contributed by atoms with Gasteiger partial charge in [0.1, 0.15) is 12.4 Å². The molecule has 0 aliphatic carbocycles. The van der Waals surface area contributed by atoms with E-state index in [1.165, 1.54) is 53.7 Å². The van der Waals surface area contributed by atoms with Gasteiger partial charge in [-0.05, 0) is 74.3 Å². The number of hydrogen-bond acceptors (Lipinski definition) is 2. The van der Waals surface area contributed by atoms with E-state index in [0.717, 1.165) is 18.9 Å². The number of aromatic amines is 1. The smallest absolute Gasteiger partial charge is 0.119 e. The van der Waals surface area contributed by atoms with Crippen LogP contribution in [0.3, 0.4) is 0 Å². The van der Waals surface area contributed by atoms with Crippen LogP contribution < -0.4 is 4.74 Å². The Balaban J connectivity index is 1.45. The lowest BCUT2D eigenvalue weighted by atomic mass is 10.1. The molecule has 1 aromatic heterocycles. The van der Waals surface area contributed by atoms with Crippen molar-refractivity contribution in [3.8, 4) is 17.0 Å². The lowest BCUT2D eigenvalue weighted by molar-refractivity contribution is 0.238. The van der Waals surface area contributed by atoms with Gasteiger partial charge in [0.15, 0.2) is 0 Å². The molecule has 0 spiro atoms. The van der Waals surface area contributed by atoms with E-state index in [4.69, 9.17) is 4.74 Å². The third-order valence-corrected chi connectivity index (χ3v) is 4.98. The number of likely N-dealkylation sites (tertiary alicyclic amines) is 1. The van der Waals surface area contributed by atoms with E-state index in [-0.39, 0.29) is 0 Å². The van der Waals surface area contributed by atoms with Crippen LogP contribution in [0.15, 0.2) is 48.5 Å². The molecule has 3 aromatic rings. The van der Waals surface area contributed by atoms with Gasteiger partial charge < -0.3 is 9.72 Å². The van der Waals surface area contributed by atoms with Gasteiger partial charge >= 0.3 is 0 Å². The number of nitrogens with zero attached hydrogens (tertiary/aromatic N) is 1. The maximum Gasteiger partial charge on any atom is 0.119 e. The first-order chi connectivity index (χ1) is 11.8. The Bertz CT molecular complexity index is 813. The van der Waals surface area contributed by atoms with Gasteiger partial charge in [-0.1, -0.05) is 18.2 Å². The molecule has 0 unspecified atom stereocenters. The molecule has 1 N–H and O–H groups in total. The summed E-state index contributed by atoms with van der Waals surface area (Å²) in [5, 5.41) is 1.29. The van der Waals surface area contributed by atoms with Crippen LogP contribution in [0.4, 0.5) is 0 Å². The molecular weight excluding hydrogens is 296 g/mol. The first-order valence-electron chi connectivity index (χ1n) is 8.84. The molecule has 2 heterocycles. The summed E-state index contributed by atoms with van der Waals surface area (Å²) < 4.78 is 5.90. The van der Waals surface area contributed by atoms with E-state index in [0.29, 0.717) is 0 Å². The summed E-state index contributed by atoms with van der Waals surface area (Å²) in [4.78, 5) is 6.01. The monoisotopic (exact) mass is 320 g/mol. The zero-order valence-corrected chi connectivity index (χ0v) is 14.2. The number of rotatable bonds is 5. The standard InChI is InChI=1S/C21H24N2O/c1-16-19-6-2-3-7-20(19)22-21(16)17-8-10-18(11-9-17)24-15-14-23-12-4-5-13-23/h2-3,6-11,22H,4-5,12-15H2,1H3. The zero-order valence-electron chi connectivity index (χ0n) is 14.2. The first kappa shape index (κ1) is 15.3. The largest absolute Gasteiger partial charge is 0.492 e. The number of para-hydroxylation sites is 1. The zero-order chi connectivity index (χ0) is 16.4. The van der Waals surface area contributed by atoms with Gasteiger partial charge in [0.25, 0.3) is 0 Å². The third kappa shape index (κ3) is 3.04. The van der Waals surface area contributed by atoms with Gasteiger partial charge in [0, 0.05) is 23.1 Å². The van der Waals surface area contributed by atoms with Gasteiger partial charge in [-0.25, -0.2) is 0 Å². The number of benzene rings is 2. The molecule has 1 fully saturated rings. The van der Waals surface area contributed by atoms with E-state index >= 15 is 0 Å². The van der Waals surface area contributed by atoms with Gasteiger partial charge in [0.2, 0.25) is 0 Å². The molecule has 3 heteroatoms. The number of aromatic nitrogens is 1. The summed E-state index contributed by atoms with van der Waals surface area (Å²) in [6.07, 6.45) is 2.66. The Morgan fingerprint density at radius 3 is 2.50 bits per heavy atom. The van der Waals surface area contributed by atoms with Gasteiger partial charge in [0.05, 0.1) is 0 Å². The fourth-order valence-electron chi connectivity index (χ4n) is 3.59. The van der Waals surface area contributed by atoms with Crippen LogP contribution in [-0.2, 0) is 0 Å². The van der Waals surface area contributed by atoms with E-state index in [9.17, 15) is 0 Å². The first-order valence-corrected chi connectivity index (χ1v) is 8.84. The minimum atomic E-state index is 0.769. The third-order valence-electron chi connectivity index (χ3n) is 4.98. The number of aryl methyl sites for hydroxylation is 1. The van der Waals surface area contributed by atoms with Crippen molar-refractivity contribution in [2.75, 3.05) is 26.2 Å². The number of hydrogen-bond donors (Lipinski definition) is 1. The Labute approximate surface area is 143 Å². The van der Waals surface area contributed by atoms with Crippen LogP contribution in [0.2, 0.25) is 0 Å². The highest BCUT2D eigenvalue weighted by molar-refractivity contribution is 5.90. The van der Waals surface area contributed by atoms with E-state index in [1.54, 1.807) is 0 Å². The maximum atomic E-state index is 5.90. The number of fused-ring (bicyclic) bond motifs is 1. The Hall–Kier alpha value is -2.26. The highest BCUT2D eigenvalue weighted by Gasteiger charge is 2.11. The minimum absolute atomic E-state index is 0.769. The minimum Gasteiger partial charge on any atom is -0.492 e. The molecule has 1 aliphatic rings. The molecule has 0 amide bonds. The molecule has 4 rings (SSSR count). The molecular formula is C21H24N2O. The van der Waals surface area contributed by atoms with E-state index < -0.39 is 0 Å². The van der Waals surface area contributed by atoms with Crippen molar-refractivity contribution in [3.63, 3.8) is 0 Å². The lowest BCUT2D eigenvalue weighted by Crippen LogP contribution is -2.25. The summed E-state index contributed by atoms with van der Waals surface area (Å²) in [7, 11) is 0. The van der Waals surface area contributed by atoms with Crippen molar-refractivity contribution in [1.82, 2.24) is 9.88 Å². The number of H-pyrrole nitrogens is 1. The fourth-order valence-corrected chi connectivity index (χ4v) is 3.59. The van der Waals surface area contributed by atoms with Gasteiger partial charge in [-0.3, -0.25) is 4.90 Å². The molecule has 2 aromatic carbocycles. The van der Waals surface area contributed by atoms with Crippen molar-refractivity contribution < 1.29 is 4.74 Å². The second kappa shape index (κ2) is 6.70. The van der Waals surface area contributed by atoms with Gasteiger partial charge in [-0.15, -0.1) is 0 Å². The van der Waals surface area contributed by atoms with Crippen LogP contribution in [0.25, 0.3) is 22.2 Å². The summed E-state index contributed by atoms with van der Waals surface area (Å²) in [6, 6.07) is 16.9. The van der Waals surface area contributed by atoms with Crippen molar-refractivity contribution in [2.24, 2.45) is 0 Å². The predicted octanol–water partition coefficient (Wildman–Crippen LogP) is 4.62. The second-order valence-corrected chi connectivity index (χ2v) is 6.59. The SMILES string of the molecule is Cc1c(-c2ccc(OCCN3CCCC3)cc2)[nH]c2ccccc12. The van der Waals surface area contributed by atoms with Crippen molar-refractivity contribution in [1.29, 1.82) is 0 Å². The Kier molecular flexibility index (Phi) is 4.26. The van der Waals surface area contributed by atoms with E-state index in [1.807, 2.05) is 0 Å². The average Bonchev–Trinajstić information content (AvgIpc) is 3.24. The summed E-state index contributed by atoms with van der Waals surface area (Å²) in [6.45, 7) is 6.42. The summed E-state index contributed by atoms with van der Waals surface area (Å²) in [5.41, 5.74) is 4.89. The van der Waals surface area contributed by atoms with Crippen LogP contribution in [0, 0.1) is 6.92 Å². The normalized spacial score (nSPS) is 15.2. The molecule has 0 bridgehead atoms. The second-order valence-electron chi connectivity index (χ2n) is 6.59. The predicted molar refractivity (Wildman–Crippen MR) is 99.6 cm³/mol. The summed E-state index contributed by atoms with van der Waals surface area (Å²) in [5.74, 6) is 0.951. The molecule has 0 atom stereocenters. The maximum absolute atomic E-state index is 5.90. The molecule has 24 heavy (non-hydrogen) atoms. The van der Waals surface area contributed by atoms with Crippen molar-refractivity contribution in [3.05, 3.63) is 54.1 Å². The van der Waals surface area contributed by atoms with Crippen LogP contribution in [0.1, 0.15) is 18.4 Å². The number of ether oxygens (including phenoxy) is 1.